The van der Waals surface area contributed by atoms with E-state index in [4.69, 9.17) is 23.4 Å². The standard InChI is InChI=1S/C32H31NO8S/c1-33-32(36)42-24(19-34)14-21-9-7-20(8-10-21)6-5-13-40-23-11-12-25-26(35)18-27(41-28(25)17-23)22-15-29(37-2)31(39-4)30(16-22)38-3/h7-12,14-19H,5-6,13H2,1-4H3,(H,33,36). The Labute approximate surface area is 247 Å². The summed E-state index contributed by atoms with van der Waals surface area (Å²) in [6, 6.07) is 17.8. The highest BCUT2D eigenvalue weighted by Gasteiger charge is 2.16. The third-order valence-electron chi connectivity index (χ3n) is 6.35. The molecular formula is C32H31NO8S. The smallest absolute Gasteiger partial charge is 0.283 e. The first-order valence-electron chi connectivity index (χ1n) is 13.1. The number of ether oxygens (including phenoxy) is 4. The number of carbonyl (C=O) groups is 2. The number of fused-ring (bicyclic) bond motifs is 1. The van der Waals surface area contributed by atoms with Gasteiger partial charge in [-0.1, -0.05) is 24.3 Å². The van der Waals surface area contributed by atoms with Crippen LogP contribution in [0.5, 0.6) is 23.0 Å². The second-order valence-electron chi connectivity index (χ2n) is 9.04. The van der Waals surface area contributed by atoms with Crippen LogP contribution in [0, 0.1) is 0 Å². The minimum Gasteiger partial charge on any atom is -0.493 e. The molecule has 1 N–H and O–H groups in total. The Kier molecular flexibility index (Phi) is 10.3. The van der Waals surface area contributed by atoms with Gasteiger partial charge < -0.3 is 28.7 Å². The Morgan fingerprint density at radius 1 is 0.952 bits per heavy atom. The van der Waals surface area contributed by atoms with Crippen LogP contribution in [0.3, 0.4) is 0 Å². The number of amides is 1. The van der Waals surface area contributed by atoms with E-state index in [2.05, 4.69) is 5.32 Å². The monoisotopic (exact) mass is 589 g/mol. The SMILES string of the molecule is CNC(=O)SC(C=O)=Cc1ccc(CCCOc2ccc3c(=O)cc(-c4cc(OC)c(OC)c(OC)c4)oc3c2)cc1. The van der Waals surface area contributed by atoms with Gasteiger partial charge in [0.05, 0.1) is 38.2 Å². The van der Waals surface area contributed by atoms with Gasteiger partial charge in [-0.3, -0.25) is 14.4 Å². The van der Waals surface area contributed by atoms with Gasteiger partial charge >= 0.3 is 0 Å². The molecule has 1 amide bonds. The third kappa shape index (κ3) is 7.32. The Morgan fingerprint density at radius 2 is 1.67 bits per heavy atom. The number of rotatable bonds is 12. The van der Waals surface area contributed by atoms with Crippen LogP contribution >= 0.6 is 11.8 Å². The summed E-state index contributed by atoms with van der Waals surface area (Å²) in [5, 5.41) is 2.63. The van der Waals surface area contributed by atoms with Gasteiger partial charge in [-0.2, -0.15) is 0 Å². The zero-order valence-electron chi connectivity index (χ0n) is 23.7. The largest absolute Gasteiger partial charge is 0.493 e. The molecule has 1 aromatic heterocycles. The van der Waals surface area contributed by atoms with E-state index in [1.165, 1.54) is 34.4 Å². The molecule has 0 saturated carbocycles. The molecule has 42 heavy (non-hydrogen) atoms. The number of hydrogen-bond donors (Lipinski definition) is 1. The summed E-state index contributed by atoms with van der Waals surface area (Å²) in [6.45, 7) is 0.460. The number of aryl methyl sites for hydroxylation is 1. The van der Waals surface area contributed by atoms with E-state index in [0.29, 0.717) is 63.1 Å². The number of thioether (sulfide) groups is 1. The molecule has 4 aromatic rings. The van der Waals surface area contributed by atoms with Crippen LogP contribution in [0.2, 0.25) is 0 Å². The van der Waals surface area contributed by atoms with Crippen LogP contribution in [0.1, 0.15) is 17.5 Å². The van der Waals surface area contributed by atoms with Crippen molar-refractivity contribution in [2.75, 3.05) is 35.0 Å². The molecule has 218 valence electrons. The highest BCUT2D eigenvalue weighted by molar-refractivity contribution is 8.17. The van der Waals surface area contributed by atoms with Crippen LogP contribution in [0.25, 0.3) is 28.4 Å². The molecule has 10 heteroatoms. The summed E-state index contributed by atoms with van der Waals surface area (Å²) in [5.74, 6) is 2.28. The van der Waals surface area contributed by atoms with Crippen molar-refractivity contribution in [2.24, 2.45) is 0 Å². The van der Waals surface area contributed by atoms with E-state index in [1.807, 2.05) is 24.3 Å². The van der Waals surface area contributed by atoms with E-state index in [-0.39, 0.29) is 10.7 Å². The summed E-state index contributed by atoms with van der Waals surface area (Å²) in [7, 11) is 6.09. The lowest BCUT2D eigenvalue weighted by atomic mass is 10.1. The molecule has 4 rings (SSSR count). The van der Waals surface area contributed by atoms with E-state index in [9.17, 15) is 14.4 Å². The molecule has 0 aliphatic carbocycles. The number of aldehydes is 1. The minimum absolute atomic E-state index is 0.183. The second kappa shape index (κ2) is 14.3. The normalized spacial score (nSPS) is 11.2. The molecular weight excluding hydrogens is 558 g/mol. The summed E-state index contributed by atoms with van der Waals surface area (Å²) in [5.41, 5.74) is 2.76. The Balaban J connectivity index is 1.42. The predicted octanol–water partition coefficient (Wildman–Crippen LogP) is 6.11. The Morgan fingerprint density at radius 3 is 2.29 bits per heavy atom. The van der Waals surface area contributed by atoms with Crippen molar-refractivity contribution in [1.29, 1.82) is 0 Å². The highest BCUT2D eigenvalue weighted by atomic mass is 32.2. The zero-order chi connectivity index (χ0) is 30.1. The summed E-state index contributed by atoms with van der Waals surface area (Å²) in [6.07, 6.45) is 3.88. The molecule has 0 aliphatic heterocycles. The number of methoxy groups -OCH3 is 3. The van der Waals surface area contributed by atoms with Gasteiger partial charge in [0.15, 0.2) is 23.2 Å². The molecule has 0 fully saturated rings. The molecule has 0 bridgehead atoms. The van der Waals surface area contributed by atoms with E-state index < -0.39 is 0 Å². The van der Waals surface area contributed by atoms with E-state index in [0.717, 1.165) is 35.7 Å². The van der Waals surface area contributed by atoms with Crippen molar-refractivity contribution in [3.8, 4) is 34.3 Å². The van der Waals surface area contributed by atoms with Crippen molar-refractivity contribution in [3.05, 3.63) is 86.9 Å². The second-order valence-corrected chi connectivity index (χ2v) is 10.1. The van der Waals surface area contributed by atoms with Crippen LogP contribution in [0.15, 0.2) is 74.8 Å². The summed E-state index contributed by atoms with van der Waals surface area (Å²) in [4.78, 5) is 35.9. The van der Waals surface area contributed by atoms with Crippen molar-refractivity contribution in [3.63, 3.8) is 0 Å². The van der Waals surface area contributed by atoms with Gasteiger partial charge in [0, 0.05) is 24.7 Å². The van der Waals surface area contributed by atoms with Gasteiger partial charge in [-0.25, -0.2) is 0 Å². The maximum Gasteiger partial charge on any atom is 0.283 e. The van der Waals surface area contributed by atoms with E-state index in [1.54, 1.807) is 36.4 Å². The van der Waals surface area contributed by atoms with Gasteiger partial charge in [-0.05, 0) is 66.1 Å². The number of carbonyl (C=O) groups excluding carboxylic acids is 2. The number of allylic oxidation sites excluding steroid dienone is 1. The van der Waals surface area contributed by atoms with Crippen molar-refractivity contribution >= 4 is 40.3 Å². The molecule has 3 aromatic carbocycles. The van der Waals surface area contributed by atoms with Crippen LogP contribution in [-0.4, -0.2) is 46.5 Å². The molecule has 0 spiro atoms. The average Bonchev–Trinajstić information content (AvgIpc) is 3.02. The summed E-state index contributed by atoms with van der Waals surface area (Å²) >= 11 is 0.851. The fraction of sp³-hybridized carbons (Fsp3) is 0.219. The number of hydrogen-bond acceptors (Lipinski definition) is 9. The Hall–Kier alpha value is -4.70. The molecule has 0 atom stereocenters. The lowest BCUT2D eigenvalue weighted by molar-refractivity contribution is -0.104. The molecule has 0 aliphatic rings. The molecule has 0 saturated heterocycles. The first-order valence-corrected chi connectivity index (χ1v) is 13.9. The molecule has 9 nitrogen and oxygen atoms in total. The van der Waals surface area contributed by atoms with E-state index >= 15 is 0 Å². The van der Waals surface area contributed by atoms with Crippen LogP contribution < -0.4 is 29.7 Å². The Bertz CT molecular complexity index is 1630. The van der Waals surface area contributed by atoms with Crippen LogP contribution in [0.4, 0.5) is 4.79 Å². The zero-order valence-corrected chi connectivity index (χ0v) is 24.5. The van der Waals surface area contributed by atoms with Crippen molar-refractivity contribution in [1.82, 2.24) is 5.32 Å². The van der Waals surface area contributed by atoms with Crippen LogP contribution in [-0.2, 0) is 11.2 Å². The molecule has 1 heterocycles. The number of nitrogens with one attached hydrogen (secondary N) is 1. The fourth-order valence-corrected chi connectivity index (χ4v) is 4.81. The third-order valence-corrected chi connectivity index (χ3v) is 7.19. The lowest BCUT2D eigenvalue weighted by Crippen LogP contribution is -2.11. The lowest BCUT2D eigenvalue weighted by Gasteiger charge is -2.14. The first kappa shape index (κ1) is 30.3. The number of benzene rings is 3. The van der Waals surface area contributed by atoms with Gasteiger partial charge in [0.1, 0.15) is 17.1 Å². The van der Waals surface area contributed by atoms with Crippen molar-refractivity contribution < 1.29 is 33.0 Å². The predicted molar refractivity (Wildman–Crippen MR) is 164 cm³/mol. The fourth-order valence-electron chi connectivity index (χ4n) is 4.25. The average molecular weight is 590 g/mol. The molecule has 0 unspecified atom stereocenters. The van der Waals surface area contributed by atoms with Crippen molar-refractivity contribution in [2.45, 2.75) is 12.8 Å². The topological polar surface area (TPSA) is 113 Å². The quantitative estimate of drug-likeness (QED) is 0.119. The minimum atomic E-state index is -0.294. The van der Waals surface area contributed by atoms with Gasteiger partial charge in [-0.15, -0.1) is 0 Å². The molecule has 0 radical (unpaired) electrons. The van der Waals surface area contributed by atoms with Gasteiger partial charge in [0.25, 0.3) is 5.24 Å². The summed E-state index contributed by atoms with van der Waals surface area (Å²) < 4.78 is 28.3. The maximum atomic E-state index is 12.9. The highest BCUT2D eigenvalue weighted by Crippen LogP contribution is 2.41. The first-order chi connectivity index (χ1) is 20.4. The van der Waals surface area contributed by atoms with Gasteiger partial charge in [0.2, 0.25) is 5.75 Å². The maximum absolute atomic E-state index is 12.9.